The standard InChI is InChI=1S/C92H164NO8P/c1-6-8-10-12-14-16-18-20-22-24-26-28-30-32-34-36-38-40-42-44-45-46-47-49-50-52-54-56-58-60-62-64-66-68-70-72-74-76-78-80-82-84-91(94)98-88-90(89-100-102(96,97)99-87-86-93(3,4)5)101-92(95)85-83-81-79-77-75-73-71-69-67-65-63-61-59-57-55-53-51-48-43-41-39-37-35-33-31-29-27-25-23-21-19-17-15-13-11-9-7-2/h9,11,15,17-18,20-21,23-24,26-27,29,33,35,39,41,48,51,55,57,90H,6-8,10,12-14,16,19,22,25,28,30-32,34,36-38,40,42-47,49-50,52-54,56,58-89H2,1-5H3/p+1/b11-9-,17-15-,20-18-,23-21-,26-24-,29-27-,35-33-,41-39-,51-48-,57-55-. The van der Waals surface area contributed by atoms with E-state index in [1.807, 2.05) is 21.1 Å². The van der Waals surface area contributed by atoms with Gasteiger partial charge >= 0.3 is 19.8 Å². The number of ether oxygens (including phenoxy) is 2. The molecule has 0 bridgehead atoms. The van der Waals surface area contributed by atoms with Crippen LogP contribution < -0.4 is 0 Å². The molecule has 0 aromatic heterocycles. The number of phosphoric ester groups is 1. The first kappa shape index (κ1) is 98.4. The molecule has 0 rings (SSSR count). The Morgan fingerprint density at radius 1 is 0.314 bits per heavy atom. The van der Waals surface area contributed by atoms with Crippen LogP contribution in [-0.4, -0.2) is 74.9 Å². The Balaban J connectivity index is 3.92. The molecule has 0 saturated carbocycles. The van der Waals surface area contributed by atoms with E-state index in [1.54, 1.807) is 0 Å². The van der Waals surface area contributed by atoms with Gasteiger partial charge in [0.1, 0.15) is 19.8 Å². The van der Waals surface area contributed by atoms with E-state index in [1.165, 1.54) is 270 Å². The second-order valence-corrected chi connectivity index (χ2v) is 31.6. The second kappa shape index (κ2) is 81.5. The van der Waals surface area contributed by atoms with Crippen LogP contribution in [0.5, 0.6) is 0 Å². The van der Waals surface area contributed by atoms with Gasteiger partial charge in [-0.25, -0.2) is 4.57 Å². The van der Waals surface area contributed by atoms with Crippen molar-refractivity contribution in [1.82, 2.24) is 0 Å². The minimum absolute atomic E-state index is 0.0290. The molecule has 10 heteroatoms. The number of unbranched alkanes of at least 4 members (excludes halogenated alkanes) is 46. The van der Waals surface area contributed by atoms with Gasteiger partial charge in [0, 0.05) is 12.8 Å². The Kier molecular flexibility index (Phi) is 78.6. The lowest BCUT2D eigenvalue weighted by Gasteiger charge is -2.24. The molecule has 0 amide bonds. The van der Waals surface area contributed by atoms with Crippen molar-refractivity contribution < 1.29 is 42.1 Å². The third-order valence-electron chi connectivity index (χ3n) is 19.0. The first-order chi connectivity index (χ1) is 50.0. The maximum Gasteiger partial charge on any atom is 0.472 e. The van der Waals surface area contributed by atoms with Crippen molar-refractivity contribution in [3.63, 3.8) is 0 Å². The molecular formula is C92H165NO8P+. The summed E-state index contributed by atoms with van der Waals surface area (Å²) in [5.74, 6) is -0.787. The van der Waals surface area contributed by atoms with Gasteiger partial charge in [-0.2, -0.15) is 0 Å². The number of likely N-dealkylation sites (N-methyl/N-ethyl adjacent to an activating group) is 1. The van der Waals surface area contributed by atoms with E-state index in [0.29, 0.717) is 17.4 Å². The van der Waals surface area contributed by atoms with E-state index in [9.17, 15) is 19.0 Å². The second-order valence-electron chi connectivity index (χ2n) is 30.2. The fourth-order valence-electron chi connectivity index (χ4n) is 12.4. The largest absolute Gasteiger partial charge is 0.472 e. The Labute approximate surface area is 632 Å². The molecule has 0 radical (unpaired) electrons. The van der Waals surface area contributed by atoms with E-state index in [4.69, 9.17) is 18.5 Å². The SMILES string of the molecule is CC/C=C\C/C=C\C/C=C\C/C=C\C/C=C\C/C=C\C/C=C\C/C=C\CCCCCCCCCCCCCCC(=O)OC(COC(=O)CCCCCCCCCCCCCCCCCCCCCCCCCCCCCCC/C=C\C/C=C\CCCCCCC)COP(=O)(O)OCC[N+](C)(C)C. The number of carbonyl (C=O) groups is 2. The predicted molar refractivity (Wildman–Crippen MR) is 445 cm³/mol. The average molecular weight is 1440 g/mol. The number of hydrogen-bond donors (Lipinski definition) is 1. The van der Waals surface area contributed by atoms with Gasteiger partial charge in [0.05, 0.1) is 27.7 Å². The summed E-state index contributed by atoms with van der Waals surface area (Å²) < 4.78 is 34.9. The minimum Gasteiger partial charge on any atom is -0.462 e. The maximum absolute atomic E-state index is 12.9. The molecule has 0 aliphatic carbocycles. The van der Waals surface area contributed by atoms with Crippen LogP contribution in [0, 0.1) is 0 Å². The van der Waals surface area contributed by atoms with Crippen LogP contribution >= 0.6 is 7.82 Å². The van der Waals surface area contributed by atoms with Crippen LogP contribution in [-0.2, 0) is 32.7 Å². The first-order valence-electron chi connectivity index (χ1n) is 43.3. The molecule has 1 N–H and O–H groups in total. The van der Waals surface area contributed by atoms with Gasteiger partial charge < -0.3 is 18.9 Å². The topological polar surface area (TPSA) is 108 Å². The van der Waals surface area contributed by atoms with E-state index < -0.39 is 26.5 Å². The molecule has 2 unspecified atom stereocenters. The van der Waals surface area contributed by atoms with Crippen LogP contribution in [0.1, 0.15) is 399 Å². The number of carbonyl (C=O) groups excluding carboxylic acids is 2. The van der Waals surface area contributed by atoms with Gasteiger partial charge in [-0.15, -0.1) is 0 Å². The number of hydrogen-bond acceptors (Lipinski definition) is 7. The number of rotatable bonds is 80. The van der Waals surface area contributed by atoms with Crippen LogP contribution in [0.15, 0.2) is 122 Å². The highest BCUT2D eigenvalue weighted by Crippen LogP contribution is 2.43. The summed E-state index contributed by atoms with van der Waals surface area (Å²) in [4.78, 5) is 36.0. The summed E-state index contributed by atoms with van der Waals surface area (Å²) in [7, 11) is 1.48. The first-order valence-corrected chi connectivity index (χ1v) is 44.8. The summed E-state index contributed by atoms with van der Waals surface area (Å²) in [6, 6.07) is 0. The van der Waals surface area contributed by atoms with Crippen LogP contribution in [0.4, 0.5) is 0 Å². The maximum atomic E-state index is 12.9. The van der Waals surface area contributed by atoms with E-state index >= 15 is 0 Å². The lowest BCUT2D eigenvalue weighted by atomic mass is 10.0. The smallest absolute Gasteiger partial charge is 0.462 e. The zero-order chi connectivity index (χ0) is 74.0. The van der Waals surface area contributed by atoms with Gasteiger partial charge in [-0.1, -0.05) is 399 Å². The summed E-state index contributed by atoms with van der Waals surface area (Å²) in [6.07, 6.45) is 118. The van der Waals surface area contributed by atoms with Crippen LogP contribution in [0.3, 0.4) is 0 Å². The highest BCUT2D eigenvalue weighted by Gasteiger charge is 2.27. The number of esters is 2. The normalized spacial score (nSPS) is 13.6. The molecule has 0 heterocycles. The molecular weight excluding hydrogens is 1280 g/mol. The summed E-state index contributed by atoms with van der Waals surface area (Å²) in [5, 5.41) is 0. The van der Waals surface area contributed by atoms with Crippen molar-refractivity contribution in [2.75, 3.05) is 47.5 Å². The Bertz CT molecular complexity index is 2140. The van der Waals surface area contributed by atoms with Crippen molar-refractivity contribution in [3.8, 4) is 0 Å². The Morgan fingerprint density at radius 2 is 0.559 bits per heavy atom. The Hall–Kier alpha value is -3.59. The zero-order valence-electron chi connectivity index (χ0n) is 67.6. The molecule has 0 spiro atoms. The quantitative estimate of drug-likeness (QED) is 0.0211. The molecule has 0 fully saturated rings. The molecule has 9 nitrogen and oxygen atoms in total. The van der Waals surface area contributed by atoms with Crippen molar-refractivity contribution in [3.05, 3.63) is 122 Å². The average Bonchev–Trinajstić information content (AvgIpc) is 0.913. The molecule has 2 atom stereocenters. The molecule has 0 aromatic rings. The fourth-order valence-corrected chi connectivity index (χ4v) is 13.2. The van der Waals surface area contributed by atoms with Crippen molar-refractivity contribution >= 4 is 19.8 Å². The lowest BCUT2D eigenvalue weighted by Crippen LogP contribution is -2.37. The highest BCUT2D eigenvalue weighted by molar-refractivity contribution is 7.47. The molecule has 590 valence electrons. The monoisotopic (exact) mass is 1440 g/mol. The molecule has 0 aromatic carbocycles. The summed E-state index contributed by atoms with van der Waals surface area (Å²) in [5.41, 5.74) is 0. The molecule has 0 saturated heterocycles. The zero-order valence-corrected chi connectivity index (χ0v) is 68.5. The molecule has 102 heavy (non-hydrogen) atoms. The third kappa shape index (κ3) is 85.3. The van der Waals surface area contributed by atoms with E-state index in [0.717, 1.165) is 96.3 Å². The van der Waals surface area contributed by atoms with Gasteiger partial charge in [0.2, 0.25) is 0 Å². The summed E-state index contributed by atoms with van der Waals surface area (Å²) >= 11 is 0. The van der Waals surface area contributed by atoms with Gasteiger partial charge in [-0.05, 0) is 109 Å². The highest BCUT2D eigenvalue weighted by atomic mass is 31.2. The number of nitrogens with zero attached hydrogens (tertiary/aromatic N) is 1. The summed E-state index contributed by atoms with van der Waals surface area (Å²) in [6.45, 7) is 4.35. The fraction of sp³-hybridized carbons (Fsp3) is 0.761. The number of quaternary nitrogens is 1. The van der Waals surface area contributed by atoms with E-state index in [-0.39, 0.29) is 32.0 Å². The number of allylic oxidation sites excluding steroid dienone is 20. The van der Waals surface area contributed by atoms with Crippen molar-refractivity contribution in [1.29, 1.82) is 0 Å². The molecule has 0 aliphatic rings. The predicted octanol–water partition coefficient (Wildman–Crippen LogP) is 29.3. The van der Waals surface area contributed by atoms with Crippen LogP contribution in [0.2, 0.25) is 0 Å². The third-order valence-corrected chi connectivity index (χ3v) is 20.0. The Morgan fingerprint density at radius 3 is 0.833 bits per heavy atom. The van der Waals surface area contributed by atoms with Gasteiger partial charge in [0.15, 0.2) is 6.10 Å². The van der Waals surface area contributed by atoms with E-state index in [2.05, 4.69) is 135 Å². The lowest BCUT2D eigenvalue weighted by molar-refractivity contribution is -0.870. The number of phosphoric acid groups is 1. The van der Waals surface area contributed by atoms with Gasteiger partial charge in [-0.3, -0.25) is 18.6 Å². The van der Waals surface area contributed by atoms with Crippen molar-refractivity contribution in [2.45, 2.75) is 405 Å². The molecule has 0 aliphatic heterocycles. The van der Waals surface area contributed by atoms with Crippen molar-refractivity contribution in [2.24, 2.45) is 0 Å². The minimum atomic E-state index is -4.40. The van der Waals surface area contributed by atoms with Crippen LogP contribution in [0.25, 0.3) is 0 Å². The van der Waals surface area contributed by atoms with Gasteiger partial charge in [0.25, 0.3) is 0 Å².